The van der Waals surface area contributed by atoms with Gasteiger partial charge >= 0.3 is 47.0 Å². The van der Waals surface area contributed by atoms with Crippen molar-refractivity contribution in [2.24, 2.45) is 0 Å². The second-order valence-corrected chi connectivity index (χ2v) is 12.2. The maximum atomic E-state index is 13.0. The van der Waals surface area contributed by atoms with Crippen LogP contribution in [-0.2, 0) is 30.6 Å². The maximum absolute atomic E-state index is 13.0. The first-order valence-corrected chi connectivity index (χ1v) is 13.7. The SMILES string of the molecule is CCCC(=O)C[S+]1CCC(=O)CC1.O=S(=O)([O-])C(F)(F)C(F)(F)C(F)(F)C(F)(F)C(F)(F)C(F)(F)C(F)(F)C(F)(F)F. The molecule has 1 aliphatic heterocycles. The predicted octanol–water partition coefficient (Wildman–Crippen LogP) is 5.84. The molecule has 1 saturated heterocycles. The van der Waals surface area contributed by atoms with Crippen LogP contribution in [0.25, 0.3) is 0 Å². The highest BCUT2D eigenvalue weighted by Crippen LogP contribution is 2.64. The van der Waals surface area contributed by atoms with E-state index in [0.717, 1.165) is 30.1 Å². The molecule has 1 heterocycles. The van der Waals surface area contributed by atoms with Crippen LogP contribution in [0.3, 0.4) is 0 Å². The Balaban J connectivity index is 0.00000107. The van der Waals surface area contributed by atoms with Gasteiger partial charge in [0.25, 0.3) is 0 Å². The van der Waals surface area contributed by atoms with Crippen LogP contribution < -0.4 is 0 Å². The first-order valence-electron chi connectivity index (χ1n) is 10.6. The monoisotopic (exact) mass is 700 g/mol. The lowest BCUT2D eigenvalue weighted by atomic mass is 9.91. The lowest BCUT2D eigenvalue weighted by Gasteiger charge is -2.42. The van der Waals surface area contributed by atoms with Gasteiger partial charge in [0.15, 0.2) is 21.7 Å². The standard InChI is InChI=1S/C10H17O2S.C8HF17O3S/c1-2-3-10(12)8-13-6-4-9(11)5-7-13;9-1(10,3(13,14)5(17,18)7(21,22)23)2(11,12)4(15,16)6(19,20)8(24,25)29(26,27)28/h2-8H2,1H3;(H,26,27,28)/q+1;/p-1. The molecule has 1 rings (SSSR count). The molecular formula is C18H17F17O5S2. The second-order valence-electron chi connectivity index (χ2n) is 8.41. The Hall–Kier alpha value is -1.59. The van der Waals surface area contributed by atoms with Crippen LogP contribution in [0.2, 0.25) is 0 Å². The molecule has 0 amide bonds. The zero-order chi connectivity index (χ0) is 34.2. The number of hydrogen-bond donors (Lipinski definition) is 0. The van der Waals surface area contributed by atoms with E-state index in [1.54, 1.807) is 0 Å². The molecule has 0 aromatic heterocycles. The zero-order valence-electron chi connectivity index (χ0n) is 20.2. The lowest BCUT2D eigenvalue weighted by Crippen LogP contribution is -2.75. The molecule has 0 bridgehead atoms. The fourth-order valence-corrected chi connectivity index (χ4v) is 5.34. The Morgan fingerprint density at radius 1 is 0.690 bits per heavy atom. The van der Waals surface area contributed by atoms with Gasteiger partial charge in [-0.3, -0.25) is 9.59 Å². The summed E-state index contributed by atoms with van der Waals surface area (Å²) < 4.78 is 244. The van der Waals surface area contributed by atoms with E-state index in [0.29, 0.717) is 24.4 Å². The van der Waals surface area contributed by atoms with Gasteiger partial charge in [-0.1, -0.05) is 6.92 Å². The van der Waals surface area contributed by atoms with E-state index in [1.165, 1.54) is 0 Å². The van der Waals surface area contributed by atoms with Crippen LogP contribution in [0.1, 0.15) is 32.6 Å². The second kappa shape index (κ2) is 12.4. The van der Waals surface area contributed by atoms with Crippen molar-refractivity contribution in [2.45, 2.75) is 79.6 Å². The van der Waals surface area contributed by atoms with Crippen molar-refractivity contribution in [1.82, 2.24) is 0 Å². The van der Waals surface area contributed by atoms with E-state index < -0.39 is 57.1 Å². The summed E-state index contributed by atoms with van der Waals surface area (Å²) in [5.74, 6) is -48.7. The molecule has 5 nitrogen and oxygen atoms in total. The minimum absolute atomic E-state index is 0.233. The fourth-order valence-electron chi connectivity index (χ4n) is 2.77. The number of rotatable bonds is 11. The first kappa shape index (κ1) is 40.4. The van der Waals surface area contributed by atoms with Gasteiger partial charge in [-0.15, -0.1) is 0 Å². The predicted molar refractivity (Wildman–Crippen MR) is 107 cm³/mol. The van der Waals surface area contributed by atoms with Crippen LogP contribution in [-0.4, -0.2) is 88.8 Å². The van der Waals surface area contributed by atoms with E-state index in [9.17, 15) is 97.2 Å². The van der Waals surface area contributed by atoms with E-state index in [1.807, 2.05) is 6.92 Å². The Labute approximate surface area is 227 Å². The summed E-state index contributed by atoms with van der Waals surface area (Å²) in [6, 6.07) is 0. The number of hydrogen-bond acceptors (Lipinski definition) is 5. The number of alkyl halides is 17. The van der Waals surface area contributed by atoms with Crippen LogP contribution in [0.4, 0.5) is 74.6 Å². The minimum atomic E-state index is -8.92. The van der Waals surface area contributed by atoms with Crippen molar-refractivity contribution < 1.29 is 97.2 Å². The van der Waals surface area contributed by atoms with Gasteiger partial charge in [-0.25, -0.2) is 8.42 Å². The minimum Gasteiger partial charge on any atom is -0.743 e. The van der Waals surface area contributed by atoms with Crippen LogP contribution in [0.15, 0.2) is 0 Å². The Morgan fingerprint density at radius 2 is 1.02 bits per heavy atom. The molecule has 1 fully saturated rings. The average molecular weight is 700 g/mol. The van der Waals surface area contributed by atoms with Crippen molar-refractivity contribution in [3.05, 3.63) is 0 Å². The molecule has 42 heavy (non-hydrogen) atoms. The molecule has 0 aromatic carbocycles. The Kier molecular flexibility index (Phi) is 12.0. The molecular weight excluding hydrogens is 683 g/mol. The summed E-state index contributed by atoms with van der Waals surface area (Å²) >= 11 is 0. The van der Waals surface area contributed by atoms with Crippen molar-refractivity contribution in [2.75, 3.05) is 17.3 Å². The third kappa shape index (κ3) is 7.04. The van der Waals surface area contributed by atoms with E-state index in [-0.39, 0.29) is 10.9 Å². The molecule has 1 aliphatic rings. The van der Waals surface area contributed by atoms with E-state index in [4.69, 9.17) is 0 Å². The maximum Gasteiger partial charge on any atom is 0.460 e. The Morgan fingerprint density at radius 3 is 1.33 bits per heavy atom. The quantitative estimate of drug-likeness (QED) is 0.154. The van der Waals surface area contributed by atoms with Crippen LogP contribution in [0.5, 0.6) is 0 Å². The largest absolute Gasteiger partial charge is 0.743 e. The van der Waals surface area contributed by atoms with Crippen molar-refractivity contribution >= 4 is 32.6 Å². The molecule has 0 spiro atoms. The highest BCUT2D eigenvalue weighted by Gasteiger charge is 2.95. The summed E-state index contributed by atoms with van der Waals surface area (Å²) in [6.07, 6.45) is -4.80. The lowest BCUT2D eigenvalue weighted by molar-refractivity contribution is -0.458. The highest BCUT2D eigenvalue weighted by molar-refractivity contribution is 7.97. The van der Waals surface area contributed by atoms with Gasteiger partial charge in [-0.05, 0) is 17.3 Å². The topological polar surface area (TPSA) is 91.3 Å². The summed E-state index contributed by atoms with van der Waals surface area (Å²) in [6.45, 7) is 2.03. The third-order valence-electron chi connectivity index (χ3n) is 5.24. The number of carbonyl (C=O) groups excluding carboxylic acids is 2. The molecule has 0 unspecified atom stereocenters. The van der Waals surface area contributed by atoms with Crippen molar-refractivity contribution in [3.8, 4) is 0 Å². The number of halogens is 17. The summed E-state index contributed by atoms with van der Waals surface area (Å²) in [5.41, 5.74) is 0. The van der Waals surface area contributed by atoms with E-state index >= 15 is 0 Å². The van der Waals surface area contributed by atoms with Gasteiger partial charge in [0.1, 0.15) is 17.3 Å². The van der Waals surface area contributed by atoms with Crippen LogP contribution >= 0.6 is 0 Å². The molecule has 0 radical (unpaired) electrons. The van der Waals surface area contributed by atoms with Gasteiger partial charge in [0.2, 0.25) is 0 Å². The molecule has 250 valence electrons. The van der Waals surface area contributed by atoms with Crippen LogP contribution in [0, 0.1) is 0 Å². The number of Topliss-reactive ketones (excluding diaryl/α,β-unsaturated/α-hetero) is 2. The van der Waals surface area contributed by atoms with Gasteiger partial charge in [0.05, 0.1) is 12.8 Å². The Bertz CT molecular complexity index is 1080. The zero-order valence-corrected chi connectivity index (χ0v) is 21.9. The van der Waals surface area contributed by atoms with Gasteiger partial charge in [0, 0.05) is 6.42 Å². The molecule has 24 heteroatoms. The molecule has 0 N–H and O–H groups in total. The molecule has 0 aromatic rings. The molecule has 0 aliphatic carbocycles. The number of ketones is 2. The van der Waals surface area contributed by atoms with Gasteiger partial charge < -0.3 is 4.55 Å². The average Bonchev–Trinajstić information content (AvgIpc) is 2.79. The van der Waals surface area contributed by atoms with Gasteiger partial charge in [-0.2, -0.15) is 74.6 Å². The summed E-state index contributed by atoms with van der Waals surface area (Å²) in [5, 5.41) is -7.95. The van der Waals surface area contributed by atoms with E-state index in [2.05, 4.69) is 0 Å². The normalized spacial score (nSPS) is 17.5. The number of carbonyl (C=O) groups is 2. The smallest absolute Gasteiger partial charge is 0.460 e. The third-order valence-corrected chi connectivity index (χ3v) is 8.42. The summed E-state index contributed by atoms with van der Waals surface area (Å²) in [4.78, 5) is 22.3. The summed E-state index contributed by atoms with van der Waals surface area (Å²) in [7, 11) is -7.91. The van der Waals surface area contributed by atoms with Crippen molar-refractivity contribution in [3.63, 3.8) is 0 Å². The molecule has 0 atom stereocenters. The fraction of sp³-hybridized carbons (Fsp3) is 0.889. The first-order chi connectivity index (χ1) is 18.2. The molecule has 0 saturated carbocycles. The highest BCUT2D eigenvalue weighted by atomic mass is 32.2. The van der Waals surface area contributed by atoms with Crippen molar-refractivity contribution in [1.29, 1.82) is 0 Å².